The lowest BCUT2D eigenvalue weighted by atomic mass is 10.2. The first-order valence-corrected chi connectivity index (χ1v) is 5.01. The van der Waals surface area contributed by atoms with E-state index in [1.807, 2.05) is 6.08 Å². The molecule has 0 aliphatic rings. The topological polar surface area (TPSA) is 0 Å². The van der Waals surface area contributed by atoms with E-state index < -0.39 is 0 Å². The van der Waals surface area contributed by atoms with Crippen LogP contribution in [0.1, 0.15) is 11.1 Å². The Bertz CT molecular complexity index is 235. The van der Waals surface area contributed by atoms with Gasteiger partial charge in [0.25, 0.3) is 0 Å². The Morgan fingerprint density at radius 2 is 2.40 bits per heavy atom. The van der Waals surface area contributed by atoms with Gasteiger partial charge in [0.2, 0.25) is 0 Å². The van der Waals surface area contributed by atoms with Gasteiger partial charge in [-0.15, -0.1) is 23.1 Å². The number of thioether (sulfide) groups is 1. The number of hydrogen-bond donors (Lipinski definition) is 0. The molecule has 1 heterocycles. The van der Waals surface area contributed by atoms with Gasteiger partial charge in [0, 0.05) is 10.9 Å². The van der Waals surface area contributed by atoms with Gasteiger partial charge < -0.3 is 0 Å². The Kier molecular flexibility index (Phi) is 2.57. The molecule has 53 valence electrons. The van der Waals surface area contributed by atoms with Gasteiger partial charge in [0.15, 0.2) is 0 Å². The van der Waals surface area contributed by atoms with Crippen LogP contribution in [0, 0.1) is 12.3 Å². The van der Waals surface area contributed by atoms with Crippen molar-refractivity contribution in [1.82, 2.24) is 0 Å². The highest BCUT2D eigenvalue weighted by molar-refractivity contribution is 8.00. The predicted molar refractivity (Wildman–Crippen MR) is 49.8 cm³/mol. The average molecular weight is 169 g/mol. The summed E-state index contributed by atoms with van der Waals surface area (Å²) in [5.74, 6) is 0. The molecule has 10 heavy (non-hydrogen) atoms. The van der Waals surface area contributed by atoms with Crippen molar-refractivity contribution in [2.24, 2.45) is 0 Å². The lowest BCUT2D eigenvalue weighted by molar-refractivity contribution is 1.47. The summed E-state index contributed by atoms with van der Waals surface area (Å²) in [6.45, 7) is 5.81. The summed E-state index contributed by atoms with van der Waals surface area (Å²) >= 11 is 3.42. The van der Waals surface area contributed by atoms with Crippen molar-refractivity contribution in [3.8, 4) is 0 Å². The zero-order valence-corrected chi connectivity index (χ0v) is 7.73. The summed E-state index contributed by atoms with van der Waals surface area (Å²) in [7, 11) is 0. The minimum Gasteiger partial charge on any atom is -0.127 e. The van der Waals surface area contributed by atoms with E-state index in [0.29, 0.717) is 0 Å². The molecule has 0 aromatic carbocycles. The highest BCUT2D eigenvalue weighted by Gasteiger charge is 2.02. The maximum absolute atomic E-state index is 3.75. The van der Waals surface area contributed by atoms with Crippen LogP contribution in [0.4, 0.5) is 0 Å². The van der Waals surface area contributed by atoms with Crippen LogP contribution in [0.5, 0.6) is 0 Å². The summed E-state index contributed by atoms with van der Waals surface area (Å²) < 4.78 is 1.31. The van der Waals surface area contributed by atoms with Crippen LogP contribution >= 0.6 is 23.1 Å². The Labute approximate surface area is 70.0 Å². The largest absolute Gasteiger partial charge is 0.127 e. The lowest BCUT2D eigenvalue weighted by Crippen LogP contribution is -1.71. The fraction of sp³-hybridized carbons (Fsp3) is 0.250. The van der Waals surface area contributed by atoms with E-state index in [-0.39, 0.29) is 0 Å². The molecule has 1 radical (unpaired) electrons. The molecule has 0 N–H and O–H groups in total. The Morgan fingerprint density at radius 1 is 1.70 bits per heavy atom. The van der Waals surface area contributed by atoms with Crippen LogP contribution in [0.25, 0.3) is 6.08 Å². The molecule has 2 heteroatoms. The van der Waals surface area contributed by atoms with Crippen molar-refractivity contribution in [2.45, 2.75) is 11.1 Å². The molecular formula is C8H9S2. The third-order valence-electron chi connectivity index (χ3n) is 1.31. The van der Waals surface area contributed by atoms with Crippen molar-refractivity contribution in [1.29, 1.82) is 0 Å². The molecule has 0 nitrogen and oxygen atoms in total. The fourth-order valence-electron chi connectivity index (χ4n) is 0.774. The highest BCUT2D eigenvalue weighted by Crippen LogP contribution is 2.30. The molecule has 1 aromatic rings. The molecule has 0 fully saturated rings. The molecule has 0 saturated carbocycles. The van der Waals surface area contributed by atoms with Gasteiger partial charge in [0.05, 0.1) is 4.21 Å². The van der Waals surface area contributed by atoms with E-state index >= 15 is 0 Å². The molecule has 0 aliphatic heterocycles. The van der Waals surface area contributed by atoms with E-state index in [0.717, 1.165) is 0 Å². The normalized spacial score (nSPS) is 9.80. The molecular weight excluding hydrogens is 160 g/mol. The first-order valence-electron chi connectivity index (χ1n) is 2.97. The molecule has 0 atom stereocenters. The minimum absolute atomic E-state index is 1.21. The van der Waals surface area contributed by atoms with E-state index in [9.17, 15) is 0 Å². The SMILES string of the molecule is C=Cc1c(C)[c]sc1SC. The van der Waals surface area contributed by atoms with Crippen LogP contribution in [-0.2, 0) is 0 Å². The Morgan fingerprint density at radius 3 is 2.80 bits per heavy atom. The molecule has 1 aromatic heterocycles. The summed E-state index contributed by atoms with van der Waals surface area (Å²) in [4.78, 5) is 0. The minimum atomic E-state index is 1.21. The van der Waals surface area contributed by atoms with Gasteiger partial charge in [-0.25, -0.2) is 0 Å². The second-order valence-electron chi connectivity index (χ2n) is 1.94. The summed E-state index contributed by atoms with van der Waals surface area (Å²) in [5.41, 5.74) is 2.46. The van der Waals surface area contributed by atoms with Gasteiger partial charge in [-0.1, -0.05) is 12.7 Å². The number of thiophene rings is 1. The summed E-state index contributed by atoms with van der Waals surface area (Å²) in [6.07, 6.45) is 3.97. The van der Waals surface area contributed by atoms with Crippen molar-refractivity contribution in [2.75, 3.05) is 6.26 Å². The molecule has 0 aliphatic carbocycles. The van der Waals surface area contributed by atoms with Gasteiger partial charge in [-0.05, 0) is 18.7 Å². The Balaban J connectivity index is 3.12. The molecule has 0 spiro atoms. The standard InChI is InChI=1S/C8H9S2/c1-4-7-6(2)5-10-8(7)9-3/h4H,1H2,2-3H3. The van der Waals surface area contributed by atoms with Gasteiger partial charge in [-0.3, -0.25) is 0 Å². The molecule has 0 bridgehead atoms. The van der Waals surface area contributed by atoms with Gasteiger partial charge in [0.1, 0.15) is 0 Å². The summed E-state index contributed by atoms with van der Waals surface area (Å²) in [5, 5.41) is 3.19. The second kappa shape index (κ2) is 3.26. The third-order valence-corrected chi connectivity index (χ3v) is 3.46. The third kappa shape index (κ3) is 1.27. The van der Waals surface area contributed by atoms with Crippen molar-refractivity contribution in [3.63, 3.8) is 0 Å². The maximum Gasteiger partial charge on any atom is 0.0677 e. The number of aryl methyl sites for hydroxylation is 1. The number of hydrogen-bond acceptors (Lipinski definition) is 2. The van der Waals surface area contributed by atoms with E-state index in [1.54, 1.807) is 23.1 Å². The monoisotopic (exact) mass is 169 g/mol. The fourth-order valence-corrected chi connectivity index (χ4v) is 2.39. The molecule has 0 saturated heterocycles. The zero-order chi connectivity index (χ0) is 7.56. The number of rotatable bonds is 2. The average Bonchev–Trinajstić information content (AvgIpc) is 2.30. The first-order chi connectivity index (χ1) is 4.79. The summed E-state index contributed by atoms with van der Waals surface area (Å²) in [6, 6.07) is 0. The smallest absolute Gasteiger partial charge is 0.0677 e. The lowest BCUT2D eigenvalue weighted by Gasteiger charge is -1.92. The highest BCUT2D eigenvalue weighted by atomic mass is 32.2. The maximum atomic E-state index is 3.75. The molecule has 0 amide bonds. The van der Waals surface area contributed by atoms with E-state index in [1.165, 1.54) is 15.3 Å². The molecule has 1 rings (SSSR count). The van der Waals surface area contributed by atoms with E-state index in [2.05, 4.69) is 25.1 Å². The quantitative estimate of drug-likeness (QED) is 0.612. The molecule has 0 unspecified atom stereocenters. The van der Waals surface area contributed by atoms with Crippen LogP contribution in [0.3, 0.4) is 0 Å². The van der Waals surface area contributed by atoms with Crippen LogP contribution in [0.15, 0.2) is 10.8 Å². The van der Waals surface area contributed by atoms with Crippen molar-refractivity contribution < 1.29 is 0 Å². The second-order valence-corrected chi connectivity index (χ2v) is 3.83. The van der Waals surface area contributed by atoms with Crippen molar-refractivity contribution in [3.05, 3.63) is 23.1 Å². The predicted octanol–water partition coefficient (Wildman–Crippen LogP) is 3.22. The van der Waals surface area contributed by atoms with Gasteiger partial charge in [-0.2, -0.15) is 0 Å². The van der Waals surface area contributed by atoms with Crippen LogP contribution in [0.2, 0.25) is 0 Å². The van der Waals surface area contributed by atoms with Gasteiger partial charge >= 0.3 is 0 Å². The zero-order valence-electron chi connectivity index (χ0n) is 6.10. The van der Waals surface area contributed by atoms with E-state index in [4.69, 9.17) is 0 Å². The van der Waals surface area contributed by atoms with Crippen molar-refractivity contribution >= 4 is 29.2 Å². The first kappa shape index (κ1) is 7.89. The van der Waals surface area contributed by atoms with Crippen LogP contribution in [-0.4, -0.2) is 6.26 Å². The Hall–Kier alpha value is -0.210. The van der Waals surface area contributed by atoms with Crippen LogP contribution < -0.4 is 0 Å².